The highest BCUT2D eigenvalue weighted by Crippen LogP contribution is 2.36. The SMILES string of the molecule is COC1CC(O)(Cc2nccn2C)C1. The molecule has 1 saturated carbocycles. The summed E-state index contributed by atoms with van der Waals surface area (Å²) >= 11 is 0. The number of aryl methyl sites for hydroxylation is 1. The van der Waals surface area contributed by atoms with Gasteiger partial charge >= 0.3 is 0 Å². The number of imidazole rings is 1. The van der Waals surface area contributed by atoms with Crippen molar-refractivity contribution in [3.8, 4) is 0 Å². The van der Waals surface area contributed by atoms with E-state index in [-0.39, 0.29) is 6.10 Å². The van der Waals surface area contributed by atoms with Crippen LogP contribution in [0, 0.1) is 0 Å². The zero-order valence-corrected chi connectivity index (χ0v) is 8.60. The van der Waals surface area contributed by atoms with Gasteiger partial charge in [0.05, 0.1) is 11.7 Å². The Kier molecular flexibility index (Phi) is 2.33. The summed E-state index contributed by atoms with van der Waals surface area (Å²) in [5.74, 6) is 0.932. The van der Waals surface area contributed by atoms with Crippen molar-refractivity contribution in [1.82, 2.24) is 9.55 Å². The maximum Gasteiger partial charge on any atom is 0.111 e. The third-order valence-corrected chi connectivity index (χ3v) is 2.96. The largest absolute Gasteiger partial charge is 0.389 e. The average Bonchev–Trinajstić information content (AvgIpc) is 2.47. The molecule has 2 rings (SSSR count). The highest BCUT2D eigenvalue weighted by molar-refractivity contribution is 5.04. The number of aromatic nitrogens is 2. The first-order valence-corrected chi connectivity index (χ1v) is 4.84. The number of ether oxygens (including phenoxy) is 1. The molecule has 0 radical (unpaired) electrons. The lowest BCUT2D eigenvalue weighted by Gasteiger charge is -2.42. The zero-order valence-electron chi connectivity index (χ0n) is 8.60. The van der Waals surface area contributed by atoms with Crippen LogP contribution in [0.5, 0.6) is 0 Å². The van der Waals surface area contributed by atoms with Gasteiger partial charge in [0.1, 0.15) is 5.82 Å². The van der Waals surface area contributed by atoms with Crippen LogP contribution in [0.2, 0.25) is 0 Å². The Morgan fingerprint density at radius 2 is 2.43 bits per heavy atom. The van der Waals surface area contributed by atoms with Crippen LogP contribution >= 0.6 is 0 Å². The van der Waals surface area contributed by atoms with Gasteiger partial charge in [-0.3, -0.25) is 0 Å². The quantitative estimate of drug-likeness (QED) is 0.766. The van der Waals surface area contributed by atoms with E-state index in [1.165, 1.54) is 0 Å². The van der Waals surface area contributed by atoms with Gasteiger partial charge in [-0.25, -0.2) is 4.98 Å². The van der Waals surface area contributed by atoms with E-state index in [1.807, 2.05) is 17.8 Å². The summed E-state index contributed by atoms with van der Waals surface area (Å²) in [5.41, 5.74) is -0.597. The van der Waals surface area contributed by atoms with E-state index < -0.39 is 5.60 Å². The molecule has 0 aliphatic heterocycles. The number of hydrogen-bond donors (Lipinski definition) is 1. The molecule has 1 aromatic rings. The van der Waals surface area contributed by atoms with Crippen molar-refractivity contribution < 1.29 is 9.84 Å². The summed E-state index contributed by atoms with van der Waals surface area (Å²) in [6.07, 6.45) is 5.93. The highest BCUT2D eigenvalue weighted by Gasteiger charge is 2.43. The van der Waals surface area contributed by atoms with Crippen molar-refractivity contribution in [2.75, 3.05) is 7.11 Å². The predicted octanol–water partition coefficient (Wildman–Crippen LogP) is 0.502. The third-order valence-electron chi connectivity index (χ3n) is 2.96. The standard InChI is InChI=1S/C10H16N2O2/c1-12-4-3-11-9(12)7-10(13)5-8(6-10)14-2/h3-4,8,13H,5-7H2,1-2H3. The minimum absolute atomic E-state index is 0.222. The van der Waals surface area contributed by atoms with E-state index in [4.69, 9.17) is 4.74 Å². The Labute approximate surface area is 83.5 Å². The van der Waals surface area contributed by atoms with Crippen LogP contribution < -0.4 is 0 Å². The number of nitrogens with zero attached hydrogens (tertiary/aromatic N) is 2. The van der Waals surface area contributed by atoms with Gasteiger partial charge in [-0.15, -0.1) is 0 Å². The molecule has 1 heterocycles. The molecule has 14 heavy (non-hydrogen) atoms. The first-order valence-electron chi connectivity index (χ1n) is 4.84. The normalized spacial score (nSPS) is 31.5. The lowest BCUT2D eigenvalue weighted by Crippen LogP contribution is -2.49. The molecule has 0 bridgehead atoms. The van der Waals surface area contributed by atoms with Gasteiger partial charge in [0.25, 0.3) is 0 Å². The fourth-order valence-corrected chi connectivity index (χ4v) is 1.96. The summed E-state index contributed by atoms with van der Waals surface area (Å²) in [5, 5.41) is 10.1. The first-order chi connectivity index (χ1) is 6.63. The van der Waals surface area contributed by atoms with Crippen LogP contribution in [-0.4, -0.2) is 33.5 Å². The lowest BCUT2D eigenvalue weighted by atomic mass is 9.75. The summed E-state index contributed by atoms with van der Waals surface area (Å²) in [6.45, 7) is 0. The lowest BCUT2D eigenvalue weighted by molar-refractivity contribution is -0.127. The van der Waals surface area contributed by atoms with Crippen molar-refractivity contribution in [2.24, 2.45) is 7.05 Å². The monoisotopic (exact) mass is 196 g/mol. The molecule has 1 N–H and O–H groups in total. The van der Waals surface area contributed by atoms with E-state index in [0.717, 1.165) is 18.7 Å². The Bertz CT molecular complexity index is 316. The Morgan fingerprint density at radius 1 is 1.71 bits per heavy atom. The maximum absolute atomic E-state index is 10.1. The minimum atomic E-state index is -0.597. The summed E-state index contributed by atoms with van der Waals surface area (Å²) in [7, 11) is 3.63. The van der Waals surface area contributed by atoms with Crippen LogP contribution in [-0.2, 0) is 18.2 Å². The van der Waals surface area contributed by atoms with E-state index in [0.29, 0.717) is 6.42 Å². The van der Waals surface area contributed by atoms with Gasteiger partial charge in [0, 0.05) is 45.8 Å². The van der Waals surface area contributed by atoms with Crippen LogP contribution in [0.3, 0.4) is 0 Å². The zero-order chi connectivity index (χ0) is 10.2. The van der Waals surface area contributed by atoms with Gasteiger partial charge in [0.2, 0.25) is 0 Å². The second-order valence-electron chi connectivity index (χ2n) is 4.12. The second-order valence-corrected chi connectivity index (χ2v) is 4.12. The third kappa shape index (κ3) is 1.67. The van der Waals surface area contributed by atoms with Crippen molar-refractivity contribution in [2.45, 2.75) is 31.0 Å². The molecule has 4 heteroatoms. The van der Waals surface area contributed by atoms with E-state index in [2.05, 4.69) is 4.98 Å². The molecular weight excluding hydrogens is 180 g/mol. The first kappa shape index (κ1) is 9.68. The molecule has 0 unspecified atom stereocenters. The van der Waals surface area contributed by atoms with Gasteiger partial charge in [0.15, 0.2) is 0 Å². The Balaban J connectivity index is 1.96. The topological polar surface area (TPSA) is 47.3 Å². The molecule has 0 amide bonds. The maximum atomic E-state index is 10.1. The molecule has 0 aromatic carbocycles. The van der Waals surface area contributed by atoms with E-state index in [9.17, 15) is 5.11 Å². The van der Waals surface area contributed by atoms with Gasteiger partial charge in [-0.2, -0.15) is 0 Å². The minimum Gasteiger partial charge on any atom is -0.389 e. The average molecular weight is 196 g/mol. The molecule has 1 aliphatic rings. The number of rotatable bonds is 3. The van der Waals surface area contributed by atoms with Crippen molar-refractivity contribution in [3.05, 3.63) is 18.2 Å². The van der Waals surface area contributed by atoms with E-state index in [1.54, 1.807) is 13.3 Å². The smallest absolute Gasteiger partial charge is 0.111 e. The Hall–Kier alpha value is -0.870. The molecule has 0 atom stereocenters. The molecular formula is C10H16N2O2. The molecule has 0 spiro atoms. The van der Waals surface area contributed by atoms with Gasteiger partial charge < -0.3 is 14.4 Å². The van der Waals surface area contributed by atoms with Crippen LogP contribution in [0.15, 0.2) is 12.4 Å². The summed E-state index contributed by atoms with van der Waals surface area (Å²) in [6, 6.07) is 0. The summed E-state index contributed by atoms with van der Waals surface area (Å²) in [4.78, 5) is 4.20. The van der Waals surface area contributed by atoms with Crippen LogP contribution in [0.1, 0.15) is 18.7 Å². The van der Waals surface area contributed by atoms with Gasteiger partial charge in [-0.05, 0) is 0 Å². The van der Waals surface area contributed by atoms with Gasteiger partial charge in [-0.1, -0.05) is 0 Å². The fourth-order valence-electron chi connectivity index (χ4n) is 1.96. The Morgan fingerprint density at radius 3 is 2.93 bits per heavy atom. The number of aliphatic hydroxyl groups is 1. The van der Waals surface area contributed by atoms with Crippen molar-refractivity contribution >= 4 is 0 Å². The molecule has 4 nitrogen and oxygen atoms in total. The van der Waals surface area contributed by atoms with E-state index >= 15 is 0 Å². The number of methoxy groups -OCH3 is 1. The highest BCUT2D eigenvalue weighted by atomic mass is 16.5. The van der Waals surface area contributed by atoms with Crippen molar-refractivity contribution in [1.29, 1.82) is 0 Å². The molecule has 78 valence electrons. The van der Waals surface area contributed by atoms with Crippen molar-refractivity contribution in [3.63, 3.8) is 0 Å². The second kappa shape index (κ2) is 3.37. The molecule has 1 fully saturated rings. The molecule has 0 saturated heterocycles. The fraction of sp³-hybridized carbons (Fsp3) is 0.700. The number of hydrogen-bond acceptors (Lipinski definition) is 3. The van der Waals surface area contributed by atoms with Crippen LogP contribution in [0.4, 0.5) is 0 Å². The summed E-state index contributed by atoms with van der Waals surface area (Å²) < 4.78 is 7.09. The van der Waals surface area contributed by atoms with Crippen LogP contribution in [0.25, 0.3) is 0 Å². The molecule has 1 aliphatic carbocycles. The predicted molar refractivity (Wildman–Crippen MR) is 51.9 cm³/mol. The molecule has 1 aromatic heterocycles.